The molecule has 6 heteroatoms. The highest BCUT2D eigenvalue weighted by Crippen LogP contribution is 2.06. The van der Waals surface area contributed by atoms with Crippen molar-refractivity contribution >= 4 is 5.97 Å². The third-order valence-corrected chi connectivity index (χ3v) is 2.57. The summed E-state index contributed by atoms with van der Waals surface area (Å²) in [5.41, 5.74) is 0.462. The second-order valence-corrected chi connectivity index (χ2v) is 3.90. The van der Waals surface area contributed by atoms with Crippen molar-refractivity contribution in [1.82, 2.24) is 9.78 Å². The molecule has 0 bridgehead atoms. The number of nitrogens with zero attached hydrogens (tertiary/aromatic N) is 1. The molecule has 0 aliphatic carbocycles. The topological polar surface area (TPSA) is 64.1 Å². The highest BCUT2D eigenvalue weighted by molar-refractivity contribution is 5.72. The minimum absolute atomic E-state index is 0.0859. The Balaban J connectivity index is 2.25. The molecule has 1 N–H and O–H groups in total. The van der Waals surface area contributed by atoms with E-state index in [4.69, 9.17) is 4.74 Å². The predicted molar refractivity (Wildman–Crippen MR) is 66.7 cm³/mol. The molecule has 0 aliphatic heterocycles. The number of benzene rings is 1. The summed E-state index contributed by atoms with van der Waals surface area (Å²) >= 11 is 0. The first kappa shape index (κ1) is 13.1. The maximum Gasteiger partial charge on any atom is 0.310 e. The van der Waals surface area contributed by atoms with Gasteiger partial charge in [0, 0.05) is 11.8 Å². The number of hydrogen-bond acceptors (Lipinski definition) is 3. The van der Waals surface area contributed by atoms with E-state index in [2.05, 4.69) is 5.10 Å². The molecule has 0 unspecified atom stereocenters. The van der Waals surface area contributed by atoms with E-state index in [-0.39, 0.29) is 24.4 Å². The van der Waals surface area contributed by atoms with Crippen LogP contribution in [0.4, 0.5) is 4.39 Å². The summed E-state index contributed by atoms with van der Waals surface area (Å²) in [6.45, 7) is 1.97. The van der Waals surface area contributed by atoms with Gasteiger partial charge in [-0.1, -0.05) is 0 Å². The minimum atomic E-state index is -0.454. The molecule has 19 heavy (non-hydrogen) atoms. The highest BCUT2D eigenvalue weighted by Gasteiger charge is 2.12. The standard InChI is InChI=1S/C13H13FN2O3/c1-2-19-12(17)7-9-8-15-16(13(9)18)11-5-3-10(14)4-6-11/h3-6,8,15H,2,7H2,1H3. The van der Waals surface area contributed by atoms with E-state index in [0.717, 1.165) is 0 Å². The van der Waals surface area contributed by atoms with Crippen molar-refractivity contribution in [2.75, 3.05) is 6.61 Å². The maximum atomic E-state index is 12.8. The van der Waals surface area contributed by atoms with E-state index in [1.54, 1.807) is 6.92 Å². The van der Waals surface area contributed by atoms with Crippen molar-refractivity contribution in [1.29, 1.82) is 0 Å². The molecule has 0 aliphatic rings. The zero-order valence-electron chi connectivity index (χ0n) is 10.4. The summed E-state index contributed by atoms with van der Waals surface area (Å²) in [5, 5.41) is 2.73. The van der Waals surface area contributed by atoms with Gasteiger partial charge in [-0.3, -0.25) is 14.7 Å². The van der Waals surface area contributed by atoms with Crippen LogP contribution in [0.15, 0.2) is 35.3 Å². The Kier molecular flexibility index (Phi) is 3.79. The molecule has 0 atom stereocenters. The smallest absolute Gasteiger partial charge is 0.310 e. The van der Waals surface area contributed by atoms with Crippen LogP contribution in [-0.2, 0) is 16.0 Å². The molecule has 1 aromatic carbocycles. The zero-order valence-corrected chi connectivity index (χ0v) is 10.4. The second-order valence-electron chi connectivity index (χ2n) is 3.90. The van der Waals surface area contributed by atoms with Gasteiger partial charge in [0.1, 0.15) is 5.82 Å². The fourth-order valence-corrected chi connectivity index (χ4v) is 1.68. The van der Waals surface area contributed by atoms with Gasteiger partial charge in [0.05, 0.1) is 18.7 Å². The van der Waals surface area contributed by atoms with E-state index in [1.807, 2.05) is 0 Å². The number of nitrogens with one attached hydrogen (secondary N) is 1. The maximum absolute atomic E-state index is 12.8. The Morgan fingerprint density at radius 3 is 2.68 bits per heavy atom. The van der Waals surface area contributed by atoms with Gasteiger partial charge < -0.3 is 4.74 Å². The van der Waals surface area contributed by atoms with Crippen molar-refractivity contribution in [3.63, 3.8) is 0 Å². The largest absolute Gasteiger partial charge is 0.466 e. The van der Waals surface area contributed by atoms with Gasteiger partial charge in [-0.25, -0.2) is 9.07 Å². The third kappa shape index (κ3) is 2.90. The molecule has 0 spiro atoms. The lowest BCUT2D eigenvalue weighted by molar-refractivity contribution is -0.142. The number of H-pyrrole nitrogens is 1. The molecule has 100 valence electrons. The van der Waals surface area contributed by atoms with Gasteiger partial charge in [0.2, 0.25) is 0 Å². The fraction of sp³-hybridized carbons (Fsp3) is 0.231. The Hall–Kier alpha value is -2.37. The van der Waals surface area contributed by atoms with Crippen LogP contribution < -0.4 is 5.56 Å². The zero-order chi connectivity index (χ0) is 13.8. The molecule has 0 saturated carbocycles. The van der Waals surface area contributed by atoms with Gasteiger partial charge in [-0.15, -0.1) is 0 Å². The summed E-state index contributed by atoms with van der Waals surface area (Å²) in [6, 6.07) is 5.46. The molecule has 0 radical (unpaired) electrons. The lowest BCUT2D eigenvalue weighted by Crippen LogP contribution is -2.20. The molecule has 1 heterocycles. The lowest BCUT2D eigenvalue weighted by Gasteiger charge is -2.00. The first-order valence-corrected chi connectivity index (χ1v) is 5.82. The number of carbonyl (C=O) groups is 1. The summed E-state index contributed by atoms with van der Waals surface area (Å²) in [7, 11) is 0. The number of aromatic amines is 1. The van der Waals surface area contributed by atoms with Crippen LogP contribution in [-0.4, -0.2) is 22.4 Å². The molecule has 0 fully saturated rings. The van der Waals surface area contributed by atoms with Gasteiger partial charge >= 0.3 is 5.97 Å². The van der Waals surface area contributed by atoms with Crippen molar-refractivity contribution in [2.24, 2.45) is 0 Å². The molecular formula is C13H13FN2O3. The fourth-order valence-electron chi connectivity index (χ4n) is 1.68. The molecule has 5 nitrogen and oxygen atoms in total. The monoisotopic (exact) mass is 264 g/mol. The molecular weight excluding hydrogens is 251 g/mol. The van der Waals surface area contributed by atoms with Crippen LogP contribution in [0.5, 0.6) is 0 Å². The number of rotatable bonds is 4. The van der Waals surface area contributed by atoms with Crippen LogP contribution in [0.3, 0.4) is 0 Å². The quantitative estimate of drug-likeness (QED) is 0.849. The van der Waals surface area contributed by atoms with Gasteiger partial charge in [0.15, 0.2) is 0 Å². The normalized spacial score (nSPS) is 10.4. The predicted octanol–water partition coefficient (Wildman–Crippen LogP) is 1.41. The third-order valence-electron chi connectivity index (χ3n) is 2.57. The number of halogens is 1. The Morgan fingerprint density at radius 2 is 2.05 bits per heavy atom. The van der Waals surface area contributed by atoms with Crippen molar-refractivity contribution in [3.05, 3.63) is 52.2 Å². The first-order chi connectivity index (χ1) is 9.11. The van der Waals surface area contributed by atoms with Crippen molar-refractivity contribution in [2.45, 2.75) is 13.3 Å². The van der Waals surface area contributed by atoms with Crippen LogP contribution in [0.25, 0.3) is 5.69 Å². The summed E-state index contributed by atoms with van der Waals surface area (Å²) < 4.78 is 18.8. The van der Waals surface area contributed by atoms with Gasteiger partial charge in [0.25, 0.3) is 5.56 Å². The number of hydrogen-bond donors (Lipinski definition) is 1. The SMILES string of the molecule is CCOC(=O)Cc1c[nH]n(-c2ccc(F)cc2)c1=O. The van der Waals surface area contributed by atoms with E-state index < -0.39 is 5.97 Å². The number of ether oxygens (including phenoxy) is 1. The Labute approximate surface area is 108 Å². The molecule has 2 rings (SSSR count). The lowest BCUT2D eigenvalue weighted by atomic mass is 10.2. The summed E-state index contributed by atoms with van der Waals surface area (Å²) in [6.07, 6.45) is 1.36. The Bertz CT molecular complexity index is 628. The average Bonchev–Trinajstić information content (AvgIpc) is 2.73. The summed E-state index contributed by atoms with van der Waals surface area (Å²) in [4.78, 5) is 23.3. The summed E-state index contributed by atoms with van der Waals surface area (Å²) in [5.74, 6) is -0.833. The van der Waals surface area contributed by atoms with Crippen LogP contribution >= 0.6 is 0 Å². The van der Waals surface area contributed by atoms with E-state index in [0.29, 0.717) is 11.3 Å². The number of aromatic nitrogens is 2. The molecule has 2 aromatic rings. The average molecular weight is 264 g/mol. The van der Waals surface area contributed by atoms with E-state index in [9.17, 15) is 14.0 Å². The minimum Gasteiger partial charge on any atom is -0.466 e. The Morgan fingerprint density at radius 1 is 1.37 bits per heavy atom. The van der Waals surface area contributed by atoms with E-state index >= 15 is 0 Å². The number of esters is 1. The van der Waals surface area contributed by atoms with Crippen LogP contribution in [0.1, 0.15) is 12.5 Å². The van der Waals surface area contributed by atoms with Crippen LogP contribution in [0.2, 0.25) is 0 Å². The van der Waals surface area contributed by atoms with Gasteiger partial charge in [-0.05, 0) is 31.2 Å². The molecule has 1 aromatic heterocycles. The highest BCUT2D eigenvalue weighted by atomic mass is 19.1. The van der Waals surface area contributed by atoms with Crippen molar-refractivity contribution in [3.8, 4) is 5.69 Å². The molecule has 0 amide bonds. The van der Waals surface area contributed by atoms with Crippen molar-refractivity contribution < 1.29 is 13.9 Å². The van der Waals surface area contributed by atoms with E-state index in [1.165, 1.54) is 35.1 Å². The van der Waals surface area contributed by atoms with Gasteiger partial charge in [-0.2, -0.15) is 0 Å². The van der Waals surface area contributed by atoms with Crippen LogP contribution in [0, 0.1) is 5.82 Å². The number of carbonyl (C=O) groups excluding carboxylic acids is 1. The first-order valence-electron chi connectivity index (χ1n) is 5.82. The second kappa shape index (κ2) is 5.51. The molecule has 0 saturated heterocycles.